The Morgan fingerprint density at radius 3 is 2.39 bits per heavy atom. The van der Waals surface area contributed by atoms with E-state index in [2.05, 4.69) is 5.32 Å². The highest BCUT2D eigenvalue weighted by Gasteiger charge is 2.38. The van der Waals surface area contributed by atoms with Gasteiger partial charge < -0.3 is 10.2 Å². The number of carbonyl (C=O) groups is 3. The van der Waals surface area contributed by atoms with Crippen molar-refractivity contribution in [3.63, 3.8) is 0 Å². The zero-order chi connectivity index (χ0) is 15.7. The lowest BCUT2D eigenvalue weighted by molar-refractivity contribution is -0.132. The van der Waals surface area contributed by atoms with Crippen LogP contribution in [0.1, 0.15) is 33.6 Å². The fourth-order valence-electron chi connectivity index (χ4n) is 3.22. The maximum Gasteiger partial charge on any atom is 0.262 e. The maximum atomic E-state index is 12.5. The molecule has 1 saturated heterocycles. The zero-order valence-corrected chi connectivity index (χ0v) is 13.8. The Kier molecular flexibility index (Phi) is 5.38. The average Bonchev–Trinajstić information content (AvgIpc) is 3.07. The molecule has 1 atom stereocenters. The summed E-state index contributed by atoms with van der Waals surface area (Å²) in [5.41, 5.74) is 0.766. The third kappa shape index (κ3) is 3.09. The second-order valence-electron chi connectivity index (χ2n) is 5.68. The van der Waals surface area contributed by atoms with Gasteiger partial charge in [0.2, 0.25) is 5.91 Å². The van der Waals surface area contributed by atoms with Crippen molar-refractivity contribution in [1.82, 2.24) is 15.1 Å². The van der Waals surface area contributed by atoms with Crippen LogP contribution in [-0.2, 0) is 4.79 Å². The van der Waals surface area contributed by atoms with Crippen LogP contribution < -0.4 is 5.32 Å². The predicted molar refractivity (Wildman–Crippen MR) is 87.7 cm³/mol. The first kappa shape index (κ1) is 17.4. The Morgan fingerprint density at radius 1 is 1.22 bits per heavy atom. The molecule has 0 bridgehead atoms. The van der Waals surface area contributed by atoms with Gasteiger partial charge in [0.1, 0.15) is 6.54 Å². The second-order valence-corrected chi connectivity index (χ2v) is 5.68. The number of nitrogens with one attached hydrogen (secondary N) is 1. The lowest BCUT2D eigenvalue weighted by Crippen LogP contribution is -2.46. The van der Waals surface area contributed by atoms with E-state index in [1.165, 1.54) is 0 Å². The van der Waals surface area contributed by atoms with Crippen LogP contribution >= 0.6 is 12.4 Å². The van der Waals surface area contributed by atoms with E-state index in [4.69, 9.17) is 0 Å². The van der Waals surface area contributed by atoms with E-state index in [0.717, 1.165) is 24.3 Å². The number of nitrogens with zero attached hydrogens (tertiary/aromatic N) is 2. The molecule has 0 aliphatic carbocycles. The molecule has 0 spiro atoms. The first-order valence-electron chi connectivity index (χ1n) is 7.52. The van der Waals surface area contributed by atoms with Gasteiger partial charge >= 0.3 is 0 Å². The lowest BCUT2D eigenvalue weighted by atomic mass is 10.1. The highest BCUT2D eigenvalue weighted by atomic mass is 35.5. The molecule has 0 aromatic heterocycles. The van der Waals surface area contributed by atoms with Gasteiger partial charge in [0, 0.05) is 19.1 Å². The quantitative estimate of drug-likeness (QED) is 0.829. The number of hydrogen-bond donors (Lipinski definition) is 1. The number of fused-ring (bicyclic) bond motifs is 1. The van der Waals surface area contributed by atoms with Crippen molar-refractivity contribution in [1.29, 1.82) is 0 Å². The minimum atomic E-state index is -0.377. The lowest BCUT2D eigenvalue weighted by Gasteiger charge is -2.26. The average molecular weight is 338 g/mol. The van der Waals surface area contributed by atoms with Crippen LogP contribution in [0, 0.1) is 0 Å². The van der Waals surface area contributed by atoms with E-state index < -0.39 is 0 Å². The molecule has 1 aromatic rings. The standard InChI is InChI=1S/C16H19N3O3.ClH/c1-17-9-11-5-4-8-18(11)14(20)10-19-15(21)12-6-2-3-7-13(12)16(19)22;/h2-3,6-7,11,17H,4-5,8-10H2,1H3;1H. The van der Waals surface area contributed by atoms with E-state index >= 15 is 0 Å². The molecular formula is C16H20ClN3O3. The molecule has 1 aromatic carbocycles. The molecule has 6 nitrogen and oxygen atoms in total. The molecule has 124 valence electrons. The number of imide groups is 1. The number of rotatable bonds is 4. The minimum absolute atomic E-state index is 0. The SMILES string of the molecule is CNCC1CCCN1C(=O)CN1C(=O)c2ccccc2C1=O.Cl. The van der Waals surface area contributed by atoms with Gasteiger partial charge in [0.05, 0.1) is 11.1 Å². The maximum absolute atomic E-state index is 12.5. The third-order valence-corrected chi connectivity index (χ3v) is 4.31. The summed E-state index contributed by atoms with van der Waals surface area (Å²) in [6.07, 6.45) is 1.91. The van der Waals surface area contributed by atoms with Gasteiger partial charge in [-0.05, 0) is 32.0 Å². The van der Waals surface area contributed by atoms with Crippen molar-refractivity contribution in [2.75, 3.05) is 26.7 Å². The fourth-order valence-corrected chi connectivity index (χ4v) is 3.22. The van der Waals surface area contributed by atoms with E-state index in [-0.39, 0.29) is 42.7 Å². The Bertz CT molecular complexity index is 600. The van der Waals surface area contributed by atoms with Crippen LogP contribution in [-0.4, -0.2) is 60.2 Å². The molecule has 2 aliphatic rings. The number of amides is 3. The highest BCUT2D eigenvalue weighted by molar-refractivity contribution is 6.22. The van der Waals surface area contributed by atoms with Crippen molar-refractivity contribution in [3.8, 4) is 0 Å². The summed E-state index contributed by atoms with van der Waals surface area (Å²) in [6, 6.07) is 6.84. The van der Waals surface area contributed by atoms with Gasteiger partial charge in [-0.2, -0.15) is 0 Å². The number of likely N-dealkylation sites (tertiary alicyclic amines) is 1. The van der Waals surface area contributed by atoms with E-state index in [0.29, 0.717) is 17.7 Å². The van der Waals surface area contributed by atoms with Crippen molar-refractivity contribution in [2.45, 2.75) is 18.9 Å². The van der Waals surface area contributed by atoms with Gasteiger partial charge in [-0.3, -0.25) is 19.3 Å². The number of likely N-dealkylation sites (N-methyl/N-ethyl adjacent to an activating group) is 1. The molecule has 2 aliphatic heterocycles. The minimum Gasteiger partial charge on any atom is -0.337 e. The molecule has 1 fully saturated rings. The van der Waals surface area contributed by atoms with Crippen molar-refractivity contribution in [2.24, 2.45) is 0 Å². The molecule has 3 rings (SSSR count). The largest absolute Gasteiger partial charge is 0.337 e. The van der Waals surface area contributed by atoms with Gasteiger partial charge in [0.15, 0.2) is 0 Å². The molecule has 7 heteroatoms. The summed E-state index contributed by atoms with van der Waals surface area (Å²) in [4.78, 5) is 39.9. The van der Waals surface area contributed by atoms with Crippen LogP contribution in [0.4, 0.5) is 0 Å². The van der Waals surface area contributed by atoms with Gasteiger partial charge in [-0.15, -0.1) is 12.4 Å². The Hall–Kier alpha value is -1.92. The monoisotopic (exact) mass is 337 g/mol. The van der Waals surface area contributed by atoms with Gasteiger partial charge in [0.25, 0.3) is 11.8 Å². The summed E-state index contributed by atoms with van der Waals surface area (Å²) in [5.74, 6) is -0.913. The van der Waals surface area contributed by atoms with Crippen LogP contribution in [0.25, 0.3) is 0 Å². The van der Waals surface area contributed by atoms with Crippen molar-refractivity contribution < 1.29 is 14.4 Å². The van der Waals surface area contributed by atoms with Gasteiger partial charge in [-0.25, -0.2) is 0 Å². The number of carbonyl (C=O) groups excluding carboxylic acids is 3. The predicted octanol–water partition coefficient (Wildman–Crippen LogP) is 0.915. The molecule has 3 amide bonds. The first-order valence-corrected chi connectivity index (χ1v) is 7.52. The highest BCUT2D eigenvalue weighted by Crippen LogP contribution is 2.23. The normalized spacial score (nSPS) is 19.8. The van der Waals surface area contributed by atoms with E-state index in [1.807, 2.05) is 7.05 Å². The Labute approximate surface area is 141 Å². The van der Waals surface area contributed by atoms with Crippen LogP contribution in [0.5, 0.6) is 0 Å². The fraction of sp³-hybridized carbons (Fsp3) is 0.438. The summed E-state index contributed by atoms with van der Waals surface area (Å²) < 4.78 is 0. The molecule has 1 unspecified atom stereocenters. The molecule has 2 heterocycles. The second kappa shape index (κ2) is 7.10. The van der Waals surface area contributed by atoms with Crippen molar-refractivity contribution >= 4 is 30.1 Å². The summed E-state index contributed by atoms with van der Waals surface area (Å²) >= 11 is 0. The molecule has 1 N–H and O–H groups in total. The third-order valence-electron chi connectivity index (χ3n) is 4.31. The summed E-state index contributed by atoms with van der Waals surface area (Å²) in [5, 5.41) is 3.08. The molecule has 0 saturated carbocycles. The smallest absolute Gasteiger partial charge is 0.262 e. The number of hydrogen-bond acceptors (Lipinski definition) is 4. The number of benzene rings is 1. The zero-order valence-electron chi connectivity index (χ0n) is 12.9. The molecule has 23 heavy (non-hydrogen) atoms. The van der Waals surface area contributed by atoms with E-state index in [9.17, 15) is 14.4 Å². The Balaban J connectivity index is 0.00000192. The first-order chi connectivity index (χ1) is 10.6. The topological polar surface area (TPSA) is 69.7 Å². The van der Waals surface area contributed by atoms with Crippen LogP contribution in [0.15, 0.2) is 24.3 Å². The summed E-state index contributed by atoms with van der Waals surface area (Å²) in [7, 11) is 1.85. The van der Waals surface area contributed by atoms with Crippen LogP contribution in [0.2, 0.25) is 0 Å². The molecular weight excluding hydrogens is 318 g/mol. The van der Waals surface area contributed by atoms with Gasteiger partial charge in [-0.1, -0.05) is 12.1 Å². The number of halogens is 1. The summed E-state index contributed by atoms with van der Waals surface area (Å²) in [6.45, 7) is 1.24. The Morgan fingerprint density at radius 2 is 1.83 bits per heavy atom. The van der Waals surface area contributed by atoms with Crippen LogP contribution in [0.3, 0.4) is 0 Å². The van der Waals surface area contributed by atoms with E-state index in [1.54, 1.807) is 29.2 Å². The molecule has 0 radical (unpaired) electrons. The van der Waals surface area contributed by atoms with Crippen molar-refractivity contribution in [3.05, 3.63) is 35.4 Å².